The summed E-state index contributed by atoms with van der Waals surface area (Å²) in [5.74, 6) is 0.0991. The molecule has 88 valence electrons. The third-order valence-corrected chi connectivity index (χ3v) is 3.22. The largest absolute Gasteiger partial charge is 0.323 e. The van der Waals surface area contributed by atoms with Crippen molar-refractivity contribution in [2.24, 2.45) is 12.5 Å². The van der Waals surface area contributed by atoms with Gasteiger partial charge in [0.15, 0.2) is 0 Å². The smallest absolute Gasteiger partial charge is 0.230 e. The summed E-state index contributed by atoms with van der Waals surface area (Å²) in [5, 5.41) is 10.2. The van der Waals surface area contributed by atoms with E-state index < -0.39 is 0 Å². The SMILES string of the molecule is Cn1cc(NC(=O)C2(C)CCNCC2)cn1. The van der Waals surface area contributed by atoms with Gasteiger partial charge in [0.25, 0.3) is 0 Å². The number of piperidine rings is 1. The molecule has 0 radical (unpaired) electrons. The topological polar surface area (TPSA) is 59.0 Å². The third kappa shape index (κ3) is 2.24. The van der Waals surface area contributed by atoms with Crippen molar-refractivity contribution in [3.8, 4) is 0 Å². The third-order valence-electron chi connectivity index (χ3n) is 3.22. The van der Waals surface area contributed by atoms with Gasteiger partial charge in [-0.3, -0.25) is 9.48 Å². The molecule has 1 aromatic rings. The molecule has 2 rings (SSSR count). The number of hydrogen-bond acceptors (Lipinski definition) is 3. The van der Waals surface area contributed by atoms with E-state index >= 15 is 0 Å². The Kier molecular flexibility index (Phi) is 2.96. The zero-order valence-corrected chi connectivity index (χ0v) is 9.79. The van der Waals surface area contributed by atoms with E-state index in [2.05, 4.69) is 15.7 Å². The Morgan fingerprint density at radius 1 is 1.56 bits per heavy atom. The predicted molar refractivity (Wildman–Crippen MR) is 62.0 cm³/mol. The summed E-state index contributed by atoms with van der Waals surface area (Å²) in [4.78, 5) is 12.1. The first kappa shape index (κ1) is 11.1. The van der Waals surface area contributed by atoms with Crippen LogP contribution in [0.15, 0.2) is 12.4 Å². The molecule has 1 aromatic heterocycles. The van der Waals surface area contributed by atoms with E-state index in [1.54, 1.807) is 10.9 Å². The Bertz CT molecular complexity index is 379. The molecule has 2 N–H and O–H groups in total. The lowest BCUT2D eigenvalue weighted by molar-refractivity contribution is -0.126. The molecule has 0 bridgehead atoms. The van der Waals surface area contributed by atoms with Crippen molar-refractivity contribution in [3.05, 3.63) is 12.4 Å². The molecule has 0 aliphatic carbocycles. The van der Waals surface area contributed by atoms with E-state index in [9.17, 15) is 4.79 Å². The highest BCUT2D eigenvalue weighted by Gasteiger charge is 2.34. The molecule has 0 spiro atoms. The molecule has 0 aromatic carbocycles. The van der Waals surface area contributed by atoms with Gasteiger partial charge in [0, 0.05) is 18.7 Å². The van der Waals surface area contributed by atoms with Crippen LogP contribution in [0, 0.1) is 5.41 Å². The number of carbonyl (C=O) groups excluding carboxylic acids is 1. The van der Waals surface area contributed by atoms with Crippen LogP contribution in [0.25, 0.3) is 0 Å². The van der Waals surface area contributed by atoms with E-state index in [1.165, 1.54) is 0 Å². The molecular weight excluding hydrogens is 204 g/mol. The van der Waals surface area contributed by atoms with Gasteiger partial charge in [0.2, 0.25) is 5.91 Å². The molecule has 1 aliphatic rings. The first-order valence-corrected chi connectivity index (χ1v) is 5.61. The van der Waals surface area contributed by atoms with Crippen LogP contribution in [-0.4, -0.2) is 28.8 Å². The fourth-order valence-electron chi connectivity index (χ4n) is 1.97. The van der Waals surface area contributed by atoms with Gasteiger partial charge >= 0.3 is 0 Å². The highest BCUT2D eigenvalue weighted by molar-refractivity contribution is 5.94. The Hall–Kier alpha value is -1.36. The van der Waals surface area contributed by atoms with Crippen molar-refractivity contribution in [1.82, 2.24) is 15.1 Å². The number of nitrogens with one attached hydrogen (secondary N) is 2. The molecule has 5 nitrogen and oxygen atoms in total. The number of aromatic nitrogens is 2. The van der Waals surface area contributed by atoms with Gasteiger partial charge in [-0.15, -0.1) is 0 Å². The summed E-state index contributed by atoms with van der Waals surface area (Å²) in [7, 11) is 1.84. The predicted octanol–water partition coefficient (Wildman–Crippen LogP) is 0.748. The van der Waals surface area contributed by atoms with Crippen LogP contribution in [0.2, 0.25) is 0 Å². The average molecular weight is 222 g/mol. The average Bonchev–Trinajstić information content (AvgIpc) is 2.65. The van der Waals surface area contributed by atoms with Crippen LogP contribution in [0.3, 0.4) is 0 Å². The normalized spacial score (nSPS) is 19.4. The summed E-state index contributed by atoms with van der Waals surface area (Å²) >= 11 is 0. The molecule has 1 amide bonds. The quantitative estimate of drug-likeness (QED) is 0.776. The molecule has 5 heteroatoms. The lowest BCUT2D eigenvalue weighted by Crippen LogP contribution is -2.42. The van der Waals surface area contributed by atoms with Gasteiger partial charge in [-0.25, -0.2) is 0 Å². The Morgan fingerprint density at radius 2 is 2.25 bits per heavy atom. The number of amides is 1. The summed E-state index contributed by atoms with van der Waals surface area (Å²) in [6.45, 7) is 3.85. The monoisotopic (exact) mass is 222 g/mol. The maximum absolute atomic E-state index is 12.1. The lowest BCUT2D eigenvalue weighted by Gasteiger charge is -2.32. The zero-order chi connectivity index (χ0) is 11.6. The van der Waals surface area contributed by atoms with Gasteiger partial charge < -0.3 is 10.6 Å². The van der Waals surface area contributed by atoms with Crippen LogP contribution in [0.4, 0.5) is 5.69 Å². The Balaban J connectivity index is 2.01. The highest BCUT2D eigenvalue weighted by Crippen LogP contribution is 2.29. The number of hydrogen-bond donors (Lipinski definition) is 2. The van der Waals surface area contributed by atoms with Gasteiger partial charge in [-0.05, 0) is 25.9 Å². The van der Waals surface area contributed by atoms with Crippen LogP contribution in [-0.2, 0) is 11.8 Å². The van der Waals surface area contributed by atoms with Crippen molar-refractivity contribution in [3.63, 3.8) is 0 Å². The first-order valence-electron chi connectivity index (χ1n) is 5.61. The number of nitrogens with zero attached hydrogens (tertiary/aromatic N) is 2. The fraction of sp³-hybridized carbons (Fsp3) is 0.636. The van der Waals surface area contributed by atoms with Crippen LogP contribution in [0.1, 0.15) is 19.8 Å². The van der Waals surface area contributed by atoms with Gasteiger partial charge in [-0.1, -0.05) is 6.92 Å². The Labute approximate surface area is 95.2 Å². The van der Waals surface area contributed by atoms with Crippen LogP contribution < -0.4 is 10.6 Å². The van der Waals surface area contributed by atoms with Crippen LogP contribution in [0.5, 0.6) is 0 Å². The Morgan fingerprint density at radius 3 is 2.81 bits per heavy atom. The number of anilines is 1. The number of rotatable bonds is 2. The van der Waals surface area contributed by atoms with E-state index in [4.69, 9.17) is 0 Å². The minimum atomic E-state index is -0.249. The summed E-state index contributed by atoms with van der Waals surface area (Å²) in [6.07, 6.45) is 5.25. The fourth-order valence-corrected chi connectivity index (χ4v) is 1.97. The number of carbonyl (C=O) groups is 1. The van der Waals surface area contributed by atoms with Crippen molar-refractivity contribution in [2.45, 2.75) is 19.8 Å². The molecular formula is C11H18N4O. The molecule has 1 saturated heterocycles. The molecule has 2 heterocycles. The van der Waals surface area contributed by atoms with E-state index in [0.29, 0.717) is 0 Å². The molecule has 1 fully saturated rings. The second kappa shape index (κ2) is 4.25. The van der Waals surface area contributed by atoms with E-state index in [0.717, 1.165) is 31.6 Å². The second-order valence-electron chi connectivity index (χ2n) is 4.67. The second-order valence-corrected chi connectivity index (χ2v) is 4.67. The lowest BCUT2D eigenvalue weighted by atomic mass is 9.80. The van der Waals surface area contributed by atoms with Crippen molar-refractivity contribution >= 4 is 11.6 Å². The summed E-state index contributed by atoms with van der Waals surface area (Å²) in [6, 6.07) is 0. The van der Waals surface area contributed by atoms with Crippen molar-refractivity contribution in [2.75, 3.05) is 18.4 Å². The van der Waals surface area contributed by atoms with Gasteiger partial charge in [-0.2, -0.15) is 5.10 Å². The van der Waals surface area contributed by atoms with Gasteiger partial charge in [0.1, 0.15) is 0 Å². The summed E-state index contributed by atoms with van der Waals surface area (Å²) in [5.41, 5.74) is 0.522. The highest BCUT2D eigenvalue weighted by atomic mass is 16.2. The molecule has 0 unspecified atom stereocenters. The molecule has 16 heavy (non-hydrogen) atoms. The molecule has 0 saturated carbocycles. The molecule has 0 atom stereocenters. The van der Waals surface area contributed by atoms with E-state index in [-0.39, 0.29) is 11.3 Å². The maximum Gasteiger partial charge on any atom is 0.230 e. The minimum absolute atomic E-state index is 0.0991. The van der Waals surface area contributed by atoms with Crippen molar-refractivity contribution < 1.29 is 4.79 Å². The van der Waals surface area contributed by atoms with Crippen LogP contribution >= 0.6 is 0 Å². The zero-order valence-electron chi connectivity index (χ0n) is 9.79. The first-order chi connectivity index (χ1) is 7.60. The summed E-state index contributed by atoms with van der Waals surface area (Å²) < 4.78 is 1.68. The maximum atomic E-state index is 12.1. The standard InChI is InChI=1S/C11H18N4O/c1-11(3-5-12-6-4-11)10(16)14-9-7-13-15(2)8-9/h7-8,12H,3-6H2,1-2H3,(H,14,16). The number of aryl methyl sites for hydroxylation is 1. The minimum Gasteiger partial charge on any atom is -0.323 e. The van der Waals surface area contributed by atoms with E-state index in [1.807, 2.05) is 20.2 Å². The van der Waals surface area contributed by atoms with Crippen molar-refractivity contribution in [1.29, 1.82) is 0 Å². The molecule has 1 aliphatic heterocycles. The van der Waals surface area contributed by atoms with Gasteiger partial charge in [0.05, 0.1) is 11.9 Å².